The molecule has 3 aromatic rings. The zero-order valence-electron chi connectivity index (χ0n) is 16.9. The van der Waals surface area contributed by atoms with Gasteiger partial charge in [-0.25, -0.2) is 0 Å². The Labute approximate surface area is 189 Å². The molecule has 2 aliphatic rings. The van der Waals surface area contributed by atoms with Crippen molar-refractivity contribution in [2.75, 3.05) is 26.3 Å². The molecule has 0 saturated carbocycles. The highest BCUT2D eigenvalue weighted by Gasteiger charge is 2.54. The number of allylic oxidation sites excluding steroid dienone is 1. The largest absolute Gasteiger partial charge is 0.374 e. The summed E-state index contributed by atoms with van der Waals surface area (Å²) in [6, 6.07) is 15.9. The van der Waals surface area contributed by atoms with Crippen molar-refractivity contribution < 1.29 is 14.3 Å². The smallest absolute Gasteiger partial charge is 0.265 e. The lowest BCUT2D eigenvalue weighted by Gasteiger charge is -2.49. The van der Waals surface area contributed by atoms with Crippen LogP contribution >= 0.6 is 22.7 Å². The number of benzene rings is 1. The number of hydrogen-bond donors (Lipinski definition) is 0. The number of carbonyl (C=O) groups is 2. The quantitative estimate of drug-likeness (QED) is 0.413. The van der Waals surface area contributed by atoms with Crippen LogP contribution in [0.5, 0.6) is 0 Å². The van der Waals surface area contributed by atoms with Crippen molar-refractivity contribution in [3.8, 4) is 0 Å². The molecule has 0 atom stereocenters. The van der Waals surface area contributed by atoms with Crippen LogP contribution in [-0.4, -0.2) is 53.5 Å². The first kappa shape index (κ1) is 20.3. The van der Waals surface area contributed by atoms with Gasteiger partial charge in [-0.2, -0.15) is 11.3 Å². The third-order valence-corrected chi connectivity index (χ3v) is 7.58. The molecule has 2 aliphatic heterocycles. The van der Waals surface area contributed by atoms with Crippen LogP contribution in [0.3, 0.4) is 0 Å². The second kappa shape index (κ2) is 8.51. The van der Waals surface area contributed by atoms with Crippen molar-refractivity contribution in [3.05, 3.63) is 86.2 Å². The zero-order valence-corrected chi connectivity index (χ0v) is 18.5. The number of ketones is 1. The van der Waals surface area contributed by atoms with Crippen LogP contribution in [-0.2, 0) is 11.3 Å². The topological polar surface area (TPSA) is 49.9 Å². The van der Waals surface area contributed by atoms with Crippen LogP contribution in [0.1, 0.15) is 30.5 Å². The third-order valence-electron chi connectivity index (χ3n) is 5.85. The number of carbonyl (C=O) groups excluding carboxylic acids is 2. The first-order chi connectivity index (χ1) is 15.2. The molecule has 0 bridgehead atoms. The molecule has 2 saturated heterocycles. The van der Waals surface area contributed by atoms with Gasteiger partial charge in [0.1, 0.15) is 5.66 Å². The second-order valence-corrected chi connectivity index (χ2v) is 9.65. The molecule has 0 unspecified atom stereocenters. The number of nitrogens with zero attached hydrogens (tertiary/aromatic N) is 2. The van der Waals surface area contributed by atoms with E-state index in [4.69, 9.17) is 4.74 Å². The molecule has 1 amide bonds. The van der Waals surface area contributed by atoms with E-state index < -0.39 is 0 Å². The van der Waals surface area contributed by atoms with Crippen LogP contribution < -0.4 is 0 Å². The molecular weight excluding hydrogens is 428 g/mol. The van der Waals surface area contributed by atoms with Crippen molar-refractivity contribution >= 4 is 40.4 Å². The Balaban J connectivity index is 1.29. The SMILES string of the molecule is O=C(/C=C/c1ccc(C(=O)N2CCN(Cc3ccccc3)C23COC3)s1)c1ccsc1. The Bertz CT molecular complexity index is 1100. The maximum absolute atomic E-state index is 13.4. The molecule has 0 N–H and O–H groups in total. The standard InChI is InChI=1S/C24H22N2O3S2/c27-21(19-10-13-30-15-19)8-6-20-7-9-22(31-20)23(28)26-12-11-25(24(26)16-29-17-24)14-18-4-2-1-3-5-18/h1-10,13,15H,11-12,14,16-17H2/b8-6+. The fraction of sp³-hybridized carbons (Fsp3) is 0.250. The Morgan fingerprint density at radius 1 is 1.06 bits per heavy atom. The summed E-state index contributed by atoms with van der Waals surface area (Å²) in [5.74, 6) is 0.0110. The second-order valence-electron chi connectivity index (χ2n) is 7.75. The van der Waals surface area contributed by atoms with Gasteiger partial charge in [-0.1, -0.05) is 30.3 Å². The first-order valence-electron chi connectivity index (χ1n) is 10.2. The molecular formula is C24H22N2O3S2. The van der Waals surface area contributed by atoms with E-state index in [2.05, 4.69) is 17.0 Å². The number of amides is 1. The molecule has 2 aromatic heterocycles. The number of rotatable bonds is 6. The minimum absolute atomic E-state index is 0.0239. The van der Waals surface area contributed by atoms with Gasteiger partial charge in [0.2, 0.25) is 0 Å². The Morgan fingerprint density at radius 3 is 2.61 bits per heavy atom. The van der Waals surface area contributed by atoms with E-state index in [1.807, 2.05) is 52.1 Å². The molecule has 158 valence electrons. The third kappa shape index (κ3) is 3.90. The Kier molecular flexibility index (Phi) is 5.58. The van der Waals surface area contributed by atoms with Gasteiger partial charge in [-0.05, 0) is 41.3 Å². The average Bonchev–Trinajstić information content (AvgIpc) is 3.51. The minimum Gasteiger partial charge on any atom is -0.374 e. The first-order valence-corrected chi connectivity index (χ1v) is 11.9. The van der Waals surface area contributed by atoms with Crippen LogP contribution in [0.2, 0.25) is 0 Å². The number of thiophene rings is 2. The molecule has 1 aromatic carbocycles. The van der Waals surface area contributed by atoms with Crippen LogP contribution in [0.15, 0.2) is 65.4 Å². The molecule has 0 aliphatic carbocycles. The summed E-state index contributed by atoms with van der Waals surface area (Å²) in [6.07, 6.45) is 3.36. The number of ether oxygens (including phenoxy) is 1. The highest BCUT2D eigenvalue weighted by molar-refractivity contribution is 7.14. The maximum Gasteiger partial charge on any atom is 0.265 e. The molecule has 31 heavy (non-hydrogen) atoms. The predicted molar refractivity (Wildman–Crippen MR) is 123 cm³/mol. The van der Waals surface area contributed by atoms with E-state index in [-0.39, 0.29) is 17.4 Å². The van der Waals surface area contributed by atoms with Gasteiger partial charge >= 0.3 is 0 Å². The maximum atomic E-state index is 13.4. The van der Waals surface area contributed by atoms with Crippen molar-refractivity contribution in [2.24, 2.45) is 0 Å². The fourth-order valence-corrected chi connectivity index (χ4v) is 5.61. The van der Waals surface area contributed by atoms with Gasteiger partial charge in [-0.3, -0.25) is 14.5 Å². The summed E-state index contributed by atoms with van der Waals surface area (Å²) >= 11 is 2.92. The van der Waals surface area contributed by atoms with Crippen LogP contribution in [0, 0.1) is 0 Å². The van der Waals surface area contributed by atoms with Crippen LogP contribution in [0.4, 0.5) is 0 Å². The average molecular weight is 451 g/mol. The summed E-state index contributed by atoms with van der Waals surface area (Å²) in [6.45, 7) is 3.40. The fourth-order valence-electron chi connectivity index (χ4n) is 4.10. The Hall–Kier alpha value is -2.58. The van der Waals surface area contributed by atoms with Gasteiger partial charge in [0.25, 0.3) is 5.91 Å². The van der Waals surface area contributed by atoms with Crippen molar-refractivity contribution in [1.82, 2.24) is 9.80 Å². The summed E-state index contributed by atoms with van der Waals surface area (Å²) in [7, 11) is 0. The lowest BCUT2D eigenvalue weighted by atomic mass is 10.0. The van der Waals surface area contributed by atoms with Gasteiger partial charge < -0.3 is 9.64 Å². The summed E-state index contributed by atoms with van der Waals surface area (Å²) in [5.41, 5.74) is 1.57. The molecule has 5 nitrogen and oxygen atoms in total. The lowest BCUT2D eigenvalue weighted by molar-refractivity contribution is -0.176. The van der Waals surface area contributed by atoms with Crippen molar-refractivity contribution in [3.63, 3.8) is 0 Å². The molecule has 7 heteroatoms. The van der Waals surface area contributed by atoms with E-state index in [0.717, 1.165) is 18.0 Å². The van der Waals surface area contributed by atoms with Crippen LogP contribution in [0.25, 0.3) is 6.08 Å². The lowest BCUT2D eigenvalue weighted by Crippen LogP contribution is -2.67. The van der Waals surface area contributed by atoms with Crippen molar-refractivity contribution in [2.45, 2.75) is 12.2 Å². The van der Waals surface area contributed by atoms with E-state index in [0.29, 0.717) is 30.2 Å². The predicted octanol–water partition coefficient (Wildman–Crippen LogP) is 4.39. The summed E-state index contributed by atoms with van der Waals surface area (Å²) < 4.78 is 5.57. The van der Waals surface area contributed by atoms with Gasteiger partial charge in [-0.15, -0.1) is 11.3 Å². The molecule has 1 spiro atoms. The highest BCUT2D eigenvalue weighted by Crippen LogP contribution is 2.37. The van der Waals surface area contributed by atoms with E-state index in [1.165, 1.54) is 28.2 Å². The highest BCUT2D eigenvalue weighted by atomic mass is 32.1. The molecule has 5 rings (SSSR count). The minimum atomic E-state index is -0.359. The Morgan fingerprint density at radius 2 is 1.90 bits per heavy atom. The van der Waals surface area contributed by atoms with E-state index in [1.54, 1.807) is 12.2 Å². The van der Waals surface area contributed by atoms with Gasteiger partial charge in [0.05, 0.1) is 18.1 Å². The molecule has 4 heterocycles. The van der Waals surface area contributed by atoms with E-state index >= 15 is 0 Å². The van der Waals surface area contributed by atoms with Crippen molar-refractivity contribution in [1.29, 1.82) is 0 Å². The summed E-state index contributed by atoms with van der Waals surface area (Å²) in [5, 5.41) is 3.73. The monoisotopic (exact) mass is 450 g/mol. The van der Waals surface area contributed by atoms with Gasteiger partial charge in [0.15, 0.2) is 5.78 Å². The normalized spacial score (nSPS) is 18.0. The number of hydrogen-bond acceptors (Lipinski definition) is 6. The molecule has 2 fully saturated rings. The molecule has 0 radical (unpaired) electrons. The van der Waals surface area contributed by atoms with E-state index in [9.17, 15) is 9.59 Å². The van der Waals surface area contributed by atoms with Gasteiger partial charge in [0, 0.05) is 35.5 Å². The summed E-state index contributed by atoms with van der Waals surface area (Å²) in [4.78, 5) is 31.4. The zero-order chi connectivity index (χ0) is 21.3.